The van der Waals surface area contributed by atoms with Crippen LogP contribution >= 0.6 is 0 Å². The van der Waals surface area contributed by atoms with Crippen LogP contribution in [0.3, 0.4) is 0 Å². The van der Waals surface area contributed by atoms with Crippen molar-refractivity contribution in [1.82, 2.24) is 0 Å². The van der Waals surface area contributed by atoms with Gasteiger partial charge in [-0.1, -0.05) is 60.7 Å². The van der Waals surface area contributed by atoms with Gasteiger partial charge in [0.25, 0.3) is 0 Å². The molecule has 7 heteroatoms. The highest BCUT2D eigenvalue weighted by atomic mass is 28.4. The highest BCUT2D eigenvalue weighted by molar-refractivity contribution is 6.69. The molecule has 0 aromatic heterocycles. The highest BCUT2D eigenvalue weighted by Gasteiger charge is 2.72. The van der Waals surface area contributed by atoms with Crippen LogP contribution in [0.5, 0.6) is 0 Å². The Morgan fingerprint density at radius 3 is 1.32 bits per heavy atom. The second kappa shape index (κ2) is 6.53. The van der Waals surface area contributed by atoms with Crippen LogP contribution in [0.2, 0.25) is 19.6 Å². The molecule has 0 amide bonds. The fourth-order valence-electron chi connectivity index (χ4n) is 2.72. The number of rotatable bonds is 5. The highest BCUT2D eigenvalue weighted by Crippen LogP contribution is 2.54. The molecule has 1 nitrogen and oxygen atoms in total. The molecule has 0 saturated carbocycles. The molecule has 136 valence electrons. The van der Waals surface area contributed by atoms with Crippen molar-refractivity contribution in [2.45, 2.75) is 37.3 Å². The standard InChI is InChI=1S/C18H19F5OSi/c1-25(2,3)24-16(14-10-6-4-7-11-14,15-12-8-5-9-13-15)17(19,20)18(21,22)23/h4-13H,1-3H3. The summed E-state index contributed by atoms with van der Waals surface area (Å²) >= 11 is 0. The predicted octanol–water partition coefficient (Wildman–Crippen LogP) is 5.98. The maximum Gasteiger partial charge on any atom is 0.457 e. The average molecular weight is 374 g/mol. The largest absolute Gasteiger partial charge is 0.457 e. The van der Waals surface area contributed by atoms with E-state index in [1.807, 2.05) is 0 Å². The van der Waals surface area contributed by atoms with E-state index in [0.717, 1.165) is 0 Å². The van der Waals surface area contributed by atoms with Crippen LogP contribution < -0.4 is 0 Å². The molecule has 0 spiro atoms. The van der Waals surface area contributed by atoms with Crippen molar-refractivity contribution in [3.63, 3.8) is 0 Å². The van der Waals surface area contributed by atoms with Crippen molar-refractivity contribution < 1.29 is 26.4 Å². The smallest absolute Gasteiger partial charge is 0.399 e. The third-order valence-electron chi connectivity index (χ3n) is 3.62. The molecule has 0 aliphatic heterocycles. The van der Waals surface area contributed by atoms with Crippen molar-refractivity contribution in [2.24, 2.45) is 0 Å². The van der Waals surface area contributed by atoms with Crippen LogP contribution in [0.4, 0.5) is 22.0 Å². The lowest BCUT2D eigenvalue weighted by atomic mass is 9.80. The van der Waals surface area contributed by atoms with Gasteiger partial charge in [0, 0.05) is 0 Å². The summed E-state index contributed by atoms with van der Waals surface area (Å²) in [7, 11) is -2.83. The van der Waals surface area contributed by atoms with E-state index in [4.69, 9.17) is 4.43 Å². The summed E-state index contributed by atoms with van der Waals surface area (Å²) in [4.78, 5) is 0. The Bertz CT molecular complexity index is 653. The molecule has 0 aliphatic rings. The number of benzene rings is 2. The Hall–Kier alpha value is -1.73. The van der Waals surface area contributed by atoms with Crippen molar-refractivity contribution in [1.29, 1.82) is 0 Å². The Balaban J connectivity index is 2.89. The first-order valence-electron chi connectivity index (χ1n) is 7.67. The quantitative estimate of drug-likeness (QED) is 0.462. The minimum atomic E-state index is -5.78. The summed E-state index contributed by atoms with van der Waals surface area (Å²) in [5, 5.41) is 0. The molecule has 2 aromatic rings. The van der Waals surface area contributed by atoms with E-state index in [1.54, 1.807) is 31.8 Å². The molecule has 0 aliphatic carbocycles. The van der Waals surface area contributed by atoms with Gasteiger partial charge in [-0.05, 0) is 30.8 Å². The summed E-state index contributed by atoms with van der Waals surface area (Å²) in [6.07, 6.45) is -5.78. The number of alkyl halides is 5. The predicted molar refractivity (Wildman–Crippen MR) is 89.1 cm³/mol. The molecule has 2 aromatic carbocycles. The Kier molecular flexibility index (Phi) is 5.12. The van der Waals surface area contributed by atoms with Gasteiger partial charge in [-0.25, -0.2) is 0 Å². The molecule has 25 heavy (non-hydrogen) atoms. The van der Waals surface area contributed by atoms with Gasteiger partial charge in [0.05, 0.1) is 0 Å². The lowest BCUT2D eigenvalue weighted by Crippen LogP contribution is -2.60. The topological polar surface area (TPSA) is 9.23 Å². The number of hydrogen-bond acceptors (Lipinski definition) is 1. The molecule has 0 saturated heterocycles. The van der Waals surface area contributed by atoms with Gasteiger partial charge < -0.3 is 4.43 Å². The molecule has 0 unspecified atom stereocenters. The minimum Gasteiger partial charge on any atom is -0.399 e. The van der Waals surface area contributed by atoms with Crippen molar-refractivity contribution in [3.05, 3.63) is 71.8 Å². The van der Waals surface area contributed by atoms with Gasteiger partial charge in [-0.2, -0.15) is 22.0 Å². The second-order valence-electron chi connectivity index (χ2n) is 6.70. The monoisotopic (exact) mass is 374 g/mol. The molecule has 2 rings (SSSR count). The lowest BCUT2D eigenvalue weighted by Gasteiger charge is -2.45. The first-order valence-corrected chi connectivity index (χ1v) is 11.1. The molecule has 0 radical (unpaired) electrons. The normalized spacial score (nSPS) is 13.8. The Morgan fingerprint density at radius 1 is 0.680 bits per heavy atom. The van der Waals surface area contributed by atoms with E-state index in [-0.39, 0.29) is 11.1 Å². The molecule has 0 N–H and O–H groups in total. The molecule has 0 heterocycles. The van der Waals surface area contributed by atoms with Gasteiger partial charge in [-0.15, -0.1) is 0 Å². The van der Waals surface area contributed by atoms with Crippen LogP contribution in [-0.2, 0) is 10.0 Å². The fraction of sp³-hybridized carbons (Fsp3) is 0.333. The number of halogens is 5. The zero-order valence-electron chi connectivity index (χ0n) is 14.1. The molecule has 0 fully saturated rings. The van der Waals surface area contributed by atoms with E-state index in [1.165, 1.54) is 48.5 Å². The zero-order chi connectivity index (χ0) is 18.9. The summed E-state index contributed by atoms with van der Waals surface area (Å²) < 4.78 is 75.9. The maximum absolute atomic E-state index is 14.9. The van der Waals surface area contributed by atoms with E-state index in [0.29, 0.717) is 0 Å². The SMILES string of the molecule is C[Si](C)(C)OC(c1ccccc1)(c1ccccc1)C(F)(F)C(F)(F)F. The average Bonchev–Trinajstić information content (AvgIpc) is 2.52. The first kappa shape index (κ1) is 19.6. The van der Waals surface area contributed by atoms with E-state index in [9.17, 15) is 22.0 Å². The molecular formula is C18H19F5OSi. The van der Waals surface area contributed by atoms with Gasteiger partial charge in [-0.3, -0.25) is 0 Å². The van der Waals surface area contributed by atoms with Crippen LogP contribution in [0, 0.1) is 0 Å². The summed E-state index contributed by atoms with van der Waals surface area (Å²) in [5.41, 5.74) is -3.41. The van der Waals surface area contributed by atoms with Crippen molar-refractivity contribution >= 4 is 8.32 Å². The third-order valence-corrected chi connectivity index (χ3v) is 4.54. The van der Waals surface area contributed by atoms with E-state index >= 15 is 0 Å². The van der Waals surface area contributed by atoms with Crippen LogP contribution in [0.1, 0.15) is 11.1 Å². The van der Waals surface area contributed by atoms with Gasteiger partial charge in [0.2, 0.25) is 0 Å². The second-order valence-corrected chi connectivity index (χ2v) is 11.1. The molecular weight excluding hydrogens is 355 g/mol. The van der Waals surface area contributed by atoms with E-state index < -0.39 is 26.0 Å². The van der Waals surface area contributed by atoms with Crippen molar-refractivity contribution in [3.8, 4) is 0 Å². The lowest BCUT2D eigenvalue weighted by molar-refractivity contribution is -0.332. The van der Waals surface area contributed by atoms with E-state index in [2.05, 4.69) is 0 Å². The Labute approximate surface area is 144 Å². The molecule has 0 bridgehead atoms. The van der Waals surface area contributed by atoms with Crippen LogP contribution in [0.25, 0.3) is 0 Å². The summed E-state index contributed by atoms with van der Waals surface area (Å²) in [6, 6.07) is 13.8. The fourth-order valence-corrected chi connectivity index (χ4v) is 4.00. The van der Waals surface area contributed by atoms with Crippen LogP contribution in [0.15, 0.2) is 60.7 Å². The third kappa shape index (κ3) is 3.62. The Morgan fingerprint density at radius 2 is 1.04 bits per heavy atom. The molecule has 0 atom stereocenters. The summed E-state index contributed by atoms with van der Waals surface area (Å²) in [5.74, 6) is -5.12. The van der Waals surface area contributed by atoms with Gasteiger partial charge in [0.15, 0.2) is 13.9 Å². The van der Waals surface area contributed by atoms with Gasteiger partial charge >= 0.3 is 12.1 Å². The van der Waals surface area contributed by atoms with Crippen LogP contribution in [-0.4, -0.2) is 20.4 Å². The first-order chi connectivity index (χ1) is 11.4. The maximum atomic E-state index is 14.9. The number of hydrogen-bond donors (Lipinski definition) is 0. The van der Waals surface area contributed by atoms with Crippen molar-refractivity contribution in [2.75, 3.05) is 0 Å². The zero-order valence-corrected chi connectivity index (χ0v) is 15.1. The summed E-state index contributed by atoms with van der Waals surface area (Å²) in [6.45, 7) is 4.75. The van der Waals surface area contributed by atoms with Gasteiger partial charge in [0.1, 0.15) is 0 Å². The minimum absolute atomic E-state index is 0.231.